The Kier molecular flexibility index (Phi) is 7.96. The summed E-state index contributed by atoms with van der Waals surface area (Å²) in [4.78, 5) is 32.9. The largest absolute Gasteiger partial charge is 0.448 e. The number of carbonyl (C=O) groups excluding carboxylic acids is 2. The van der Waals surface area contributed by atoms with Crippen molar-refractivity contribution in [1.29, 1.82) is 0 Å². The Hall–Kier alpha value is -3.51. The molecule has 2 aromatic heterocycles. The molecule has 0 fully saturated rings. The molecule has 4 N–H and O–H groups in total. The van der Waals surface area contributed by atoms with Crippen LogP contribution in [0.15, 0.2) is 57.2 Å². The number of nitrogens with one attached hydrogen (secondary N) is 2. The number of rotatable bonds is 9. The molecule has 1 unspecified atom stereocenters. The quantitative estimate of drug-likeness (QED) is 0.411. The lowest BCUT2D eigenvalue weighted by molar-refractivity contribution is -0.117. The third kappa shape index (κ3) is 6.73. The lowest BCUT2D eigenvalue weighted by Gasteiger charge is -2.12. The number of amides is 2. The smallest absolute Gasteiger partial charge is 0.442 e. The summed E-state index contributed by atoms with van der Waals surface area (Å²) in [6.07, 6.45) is 2.38. The average molecular weight is 489 g/mol. The number of carbonyl (C=O) groups is 2. The lowest BCUT2D eigenvalue weighted by Crippen LogP contribution is -2.16. The van der Waals surface area contributed by atoms with E-state index in [4.69, 9.17) is 10.5 Å². The predicted molar refractivity (Wildman–Crippen MR) is 129 cm³/mol. The van der Waals surface area contributed by atoms with Gasteiger partial charge in [0, 0.05) is 40.9 Å². The van der Waals surface area contributed by atoms with Gasteiger partial charge >= 0.3 is 6.09 Å². The highest BCUT2D eigenvalue weighted by Gasteiger charge is 2.13. The zero-order chi connectivity index (χ0) is 23.8. The average Bonchev–Trinajstić information content (AvgIpc) is 3.28. The van der Waals surface area contributed by atoms with Crippen molar-refractivity contribution < 1.29 is 18.5 Å². The molecule has 1 aromatic carbocycles. The zero-order valence-electron chi connectivity index (χ0n) is 18.1. The molecule has 0 aliphatic rings. The van der Waals surface area contributed by atoms with Crippen molar-refractivity contribution in [3.8, 4) is 10.4 Å². The fourth-order valence-electron chi connectivity index (χ4n) is 2.76. The summed E-state index contributed by atoms with van der Waals surface area (Å²) in [5, 5.41) is 8.18. The molecule has 2 amide bonds. The Morgan fingerprint density at radius 3 is 2.64 bits per heavy atom. The van der Waals surface area contributed by atoms with Crippen LogP contribution in [0, 0.1) is 0 Å². The van der Waals surface area contributed by atoms with Crippen molar-refractivity contribution in [3.63, 3.8) is 0 Å². The fourth-order valence-corrected chi connectivity index (χ4v) is 4.58. The van der Waals surface area contributed by atoms with Crippen LogP contribution in [0.25, 0.3) is 10.4 Å². The van der Waals surface area contributed by atoms with E-state index in [2.05, 4.69) is 25.0 Å². The van der Waals surface area contributed by atoms with Crippen molar-refractivity contribution in [2.45, 2.75) is 18.2 Å². The fraction of sp³-hybridized carbons (Fsp3) is 0.238. The van der Waals surface area contributed by atoms with Gasteiger partial charge in [0.15, 0.2) is 0 Å². The highest BCUT2D eigenvalue weighted by Crippen LogP contribution is 2.31. The van der Waals surface area contributed by atoms with E-state index in [0.29, 0.717) is 28.9 Å². The molecule has 3 aromatic rings. The van der Waals surface area contributed by atoms with E-state index >= 15 is 0 Å². The second-order valence-corrected chi connectivity index (χ2v) is 10.0. The van der Waals surface area contributed by atoms with E-state index < -0.39 is 21.7 Å². The summed E-state index contributed by atoms with van der Waals surface area (Å²) >= 11 is 1.55. The second kappa shape index (κ2) is 10.9. The van der Waals surface area contributed by atoms with Crippen molar-refractivity contribution >= 4 is 50.5 Å². The first-order valence-corrected chi connectivity index (χ1v) is 12.8. The van der Waals surface area contributed by atoms with Crippen LogP contribution in [0.1, 0.15) is 13.3 Å². The van der Waals surface area contributed by atoms with Crippen LogP contribution in [0.2, 0.25) is 0 Å². The summed E-state index contributed by atoms with van der Waals surface area (Å²) in [5.74, 6) is 0.491. The van der Waals surface area contributed by atoms with E-state index in [9.17, 15) is 13.8 Å². The van der Waals surface area contributed by atoms with Gasteiger partial charge in [-0.25, -0.2) is 14.0 Å². The van der Waals surface area contributed by atoms with Crippen LogP contribution in [-0.2, 0) is 19.3 Å². The molecular weight excluding hydrogens is 464 g/mol. The maximum absolute atomic E-state index is 12.7. The Bertz CT molecular complexity index is 1240. The van der Waals surface area contributed by atoms with Crippen LogP contribution >= 0.6 is 11.3 Å². The first-order valence-electron chi connectivity index (χ1n) is 9.97. The van der Waals surface area contributed by atoms with Crippen LogP contribution in [0.5, 0.6) is 0 Å². The molecule has 2 heterocycles. The number of ether oxygens (including phenoxy) is 1. The molecule has 33 heavy (non-hydrogen) atoms. The van der Waals surface area contributed by atoms with Gasteiger partial charge in [0.05, 0.1) is 21.9 Å². The molecule has 0 aliphatic carbocycles. The summed E-state index contributed by atoms with van der Waals surface area (Å²) in [6, 6.07) is 10.5. The van der Waals surface area contributed by atoms with Gasteiger partial charge in [-0.05, 0) is 42.6 Å². The summed E-state index contributed by atoms with van der Waals surface area (Å²) in [6.45, 7) is 2.15. The van der Waals surface area contributed by atoms with Gasteiger partial charge in [-0.1, -0.05) is 6.07 Å². The van der Waals surface area contributed by atoms with Gasteiger partial charge in [0.1, 0.15) is 5.82 Å². The standard InChI is InChI=1S/C21H24N6O4S2/c1-3-31-21(29)27-33(2,30)15-8-6-14(7-9-15)25-20-24-13-16(17-5-4-12-32-17)19(26-20)23-11-10-18(22)28/h4-9,12-13H,3,10-11H2,1-2H3,(H2,22,28)(H2,23,24,25,26). The zero-order valence-corrected chi connectivity index (χ0v) is 19.7. The van der Waals surface area contributed by atoms with E-state index in [1.54, 1.807) is 48.7 Å². The molecule has 0 saturated heterocycles. The van der Waals surface area contributed by atoms with E-state index in [-0.39, 0.29) is 13.0 Å². The number of nitrogens with zero attached hydrogens (tertiary/aromatic N) is 3. The Balaban J connectivity index is 1.80. The van der Waals surface area contributed by atoms with E-state index in [0.717, 1.165) is 10.4 Å². The molecule has 0 saturated carbocycles. The summed E-state index contributed by atoms with van der Waals surface area (Å²) < 4.78 is 21.1. The molecule has 0 spiro atoms. The number of thiophene rings is 1. The number of benzene rings is 1. The molecule has 12 heteroatoms. The van der Waals surface area contributed by atoms with Crippen molar-refractivity contribution in [2.24, 2.45) is 10.1 Å². The molecule has 1 atom stereocenters. The maximum Gasteiger partial charge on any atom is 0.442 e. The molecular formula is C21H24N6O4S2. The van der Waals surface area contributed by atoms with Crippen molar-refractivity contribution in [3.05, 3.63) is 48.0 Å². The highest BCUT2D eigenvalue weighted by molar-refractivity contribution is 7.93. The van der Waals surface area contributed by atoms with Gasteiger partial charge < -0.3 is 21.1 Å². The highest BCUT2D eigenvalue weighted by atomic mass is 32.2. The molecule has 0 radical (unpaired) electrons. The van der Waals surface area contributed by atoms with Gasteiger partial charge in [0.2, 0.25) is 11.9 Å². The Morgan fingerprint density at radius 1 is 1.24 bits per heavy atom. The third-order valence-electron chi connectivity index (χ3n) is 4.30. The minimum atomic E-state index is -2.93. The van der Waals surface area contributed by atoms with Gasteiger partial charge in [-0.15, -0.1) is 15.7 Å². The Morgan fingerprint density at radius 2 is 2.00 bits per heavy atom. The molecule has 10 nitrogen and oxygen atoms in total. The second-order valence-electron chi connectivity index (χ2n) is 6.82. The molecule has 0 aliphatic heterocycles. The predicted octanol–water partition coefficient (Wildman–Crippen LogP) is 3.85. The summed E-state index contributed by atoms with van der Waals surface area (Å²) in [5.41, 5.74) is 6.69. The SMILES string of the molecule is CCOC(=O)N=S(C)(=O)c1ccc(Nc2ncc(-c3cccs3)c(NCCC(N)=O)n2)cc1. The number of nitrogens with two attached hydrogens (primary N) is 1. The van der Waals surface area contributed by atoms with Crippen LogP contribution in [0.3, 0.4) is 0 Å². The van der Waals surface area contributed by atoms with E-state index in [1.165, 1.54) is 6.26 Å². The van der Waals surface area contributed by atoms with Crippen LogP contribution in [0.4, 0.5) is 22.2 Å². The van der Waals surface area contributed by atoms with Gasteiger partial charge in [-0.3, -0.25) is 4.79 Å². The van der Waals surface area contributed by atoms with E-state index in [1.807, 2.05) is 17.5 Å². The monoisotopic (exact) mass is 488 g/mol. The van der Waals surface area contributed by atoms with Crippen molar-refractivity contribution in [2.75, 3.05) is 30.0 Å². The lowest BCUT2D eigenvalue weighted by atomic mass is 10.2. The maximum atomic E-state index is 12.7. The molecule has 0 bridgehead atoms. The third-order valence-corrected chi connectivity index (χ3v) is 6.85. The first-order chi connectivity index (χ1) is 15.8. The molecule has 3 rings (SSSR count). The van der Waals surface area contributed by atoms with Crippen molar-refractivity contribution in [1.82, 2.24) is 9.97 Å². The number of primary amides is 1. The number of hydrogen-bond acceptors (Lipinski definition) is 9. The summed E-state index contributed by atoms with van der Waals surface area (Å²) in [7, 11) is -2.93. The van der Waals surface area contributed by atoms with Gasteiger partial charge in [0.25, 0.3) is 0 Å². The number of aromatic nitrogens is 2. The van der Waals surface area contributed by atoms with Crippen LogP contribution in [-0.4, -0.2) is 45.6 Å². The van der Waals surface area contributed by atoms with Crippen LogP contribution < -0.4 is 16.4 Å². The number of anilines is 3. The van der Waals surface area contributed by atoms with Gasteiger partial charge in [-0.2, -0.15) is 4.98 Å². The minimum absolute atomic E-state index is 0.158. The normalized spacial score (nSPS) is 12.4. The Labute approximate surface area is 195 Å². The first kappa shape index (κ1) is 24.1. The minimum Gasteiger partial charge on any atom is -0.448 e. The molecule has 174 valence electrons. The topological polar surface area (TPSA) is 149 Å². The number of hydrogen-bond donors (Lipinski definition) is 3.